The third-order valence-electron chi connectivity index (χ3n) is 3.93. The number of unbranched alkanes of at least 4 members (excludes halogenated alkanes) is 2. The standard InChI is InChI=1S/C16H21N3O3/c1-2-3-4-5-13-10-15(13)16(20)18-17-11-12-6-8-14(9-7-12)19(21)22/h6-9,11,13,15H,2-5,10H2,1H3,(H,18,20)/b17-11-/t13-,15+/m1/s1. The fourth-order valence-corrected chi connectivity index (χ4v) is 2.48. The zero-order valence-electron chi connectivity index (χ0n) is 12.7. The number of hydrogen-bond donors (Lipinski definition) is 1. The van der Waals surface area contributed by atoms with Crippen molar-refractivity contribution in [3.63, 3.8) is 0 Å². The van der Waals surface area contributed by atoms with E-state index in [1.807, 2.05) is 0 Å². The first-order valence-electron chi connectivity index (χ1n) is 7.69. The molecule has 1 aromatic rings. The highest BCUT2D eigenvalue weighted by Gasteiger charge is 2.41. The highest BCUT2D eigenvalue weighted by Crippen LogP contribution is 2.42. The van der Waals surface area contributed by atoms with Crippen molar-refractivity contribution in [2.75, 3.05) is 0 Å². The van der Waals surface area contributed by atoms with Crippen molar-refractivity contribution < 1.29 is 9.72 Å². The molecule has 6 heteroatoms. The largest absolute Gasteiger partial charge is 0.273 e. The average Bonchev–Trinajstić information content (AvgIpc) is 3.27. The van der Waals surface area contributed by atoms with E-state index in [0.29, 0.717) is 11.5 Å². The van der Waals surface area contributed by atoms with Crippen molar-refractivity contribution in [2.24, 2.45) is 16.9 Å². The Hall–Kier alpha value is -2.24. The minimum atomic E-state index is -0.450. The van der Waals surface area contributed by atoms with Crippen LogP contribution in [0.2, 0.25) is 0 Å². The van der Waals surface area contributed by atoms with Gasteiger partial charge in [0.1, 0.15) is 0 Å². The van der Waals surface area contributed by atoms with Gasteiger partial charge in [0.25, 0.3) is 5.69 Å². The van der Waals surface area contributed by atoms with Gasteiger partial charge in [-0.1, -0.05) is 26.2 Å². The van der Waals surface area contributed by atoms with Crippen LogP contribution in [-0.2, 0) is 4.79 Å². The summed E-state index contributed by atoms with van der Waals surface area (Å²) < 4.78 is 0. The number of rotatable bonds is 8. The lowest BCUT2D eigenvalue weighted by molar-refractivity contribution is -0.384. The summed E-state index contributed by atoms with van der Waals surface area (Å²) in [6.07, 6.45) is 7.19. The molecule has 2 rings (SSSR count). The van der Waals surface area contributed by atoms with E-state index in [4.69, 9.17) is 0 Å². The summed E-state index contributed by atoms with van der Waals surface area (Å²) in [5.74, 6) is 0.589. The van der Waals surface area contributed by atoms with Crippen LogP contribution < -0.4 is 5.43 Å². The maximum Gasteiger partial charge on any atom is 0.269 e. The van der Waals surface area contributed by atoms with Crippen LogP contribution >= 0.6 is 0 Å². The summed E-state index contributed by atoms with van der Waals surface area (Å²) >= 11 is 0. The molecule has 1 aliphatic rings. The zero-order valence-corrected chi connectivity index (χ0v) is 12.7. The molecule has 0 saturated heterocycles. The molecule has 1 amide bonds. The first kappa shape index (κ1) is 16.1. The molecule has 0 aromatic heterocycles. The maximum absolute atomic E-state index is 11.9. The molecule has 1 aromatic carbocycles. The second-order valence-electron chi connectivity index (χ2n) is 5.68. The van der Waals surface area contributed by atoms with Crippen molar-refractivity contribution in [1.82, 2.24) is 5.43 Å². The average molecular weight is 303 g/mol. The zero-order chi connectivity index (χ0) is 15.9. The van der Waals surface area contributed by atoms with Crippen LogP contribution in [0.3, 0.4) is 0 Å². The molecule has 2 atom stereocenters. The van der Waals surface area contributed by atoms with E-state index in [1.165, 1.54) is 37.6 Å². The van der Waals surface area contributed by atoms with Gasteiger partial charge >= 0.3 is 0 Å². The molecule has 0 bridgehead atoms. The smallest absolute Gasteiger partial charge is 0.269 e. The molecule has 6 nitrogen and oxygen atoms in total. The lowest BCUT2D eigenvalue weighted by atomic mass is 10.1. The summed E-state index contributed by atoms with van der Waals surface area (Å²) in [6, 6.07) is 6.01. The van der Waals surface area contributed by atoms with Gasteiger partial charge in [-0.25, -0.2) is 5.43 Å². The van der Waals surface area contributed by atoms with Gasteiger partial charge in [0.2, 0.25) is 5.91 Å². The van der Waals surface area contributed by atoms with Crippen molar-refractivity contribution >= 4 is 17.8 Å². The Bertz CT molecular complexity index is 554. The Kier molecular flexibility index (Phi) is 5.63. The number of carbonyl (C=O) groups excluding carboxylic acids is 1. The summed E-state index contributed by atoms with van der Waals surface area (Å²) in [4.78, 5) is 22.0. The molecular formula is C16H21N3O3. The molecule has 1 N–H and O–H groups in total. The Labute approximate surface area is 129 Å². The number of hydrazone groups is 1. The summed E-state index contributed by atoms with van der Waals surface area (Å²) in [6.45, 7) is 2.17. The van der Waals surface area contributed by atoms with Crippen molar-refractivity contribution in [3.05, 3.63) is 39.9 Å². The predicted molar refractivity (Wildman–Crippen MR) is 84.6 cm³/mol. The normalized spacial score (nSPS) is 20.0. The molecule has 0 spiro atoms. The lowest BCUT2D eigenvalue weighted by Crippen LogP contribution is -2.20. The van der Waals surface area contributed by atoms with E-state index >= 15 is 0 Å². The van der Waals surface area contributed by atoms with Gasteiger partial charge in [-0.05, 0) is 36.5 Å². The highest BCUT2D eigenvalue weighted by molar-refractivity contribution is 5.84. The van der Waals surface area contributed by atoms with Crippen LogP contribution in [0.25, 0.3) is 0 Å². The number of benzene rings is 1. The summed E-state index contributed by atoms with van der Waals surface area (Å²) in [5.41, 5.74) is 3.29. The summed E-state index contributed by atoms with van der Waals surface area (Å²) in [7, 11) is 0. The Balaban J connectivity index is 1.73. The third kappa shape index (κ3) is 4.65. The molecule has 0 radical (unpaired) electrons. The van der Waals surface area contributed by atoms with Gasteiger partial charge in [-0.2, -0.15) is 5.10 Å². The Morgan fingerprint density at radius 3 is 2.77 bits per heavy atom. The van der Waals surface area contributed by atoms with Crippen LogP contribution in [0.4, 0.5) is 5.69 Å². The minimum absolute atomic E-state index is 0.0281. The molecule has 0 aliphatic heterocycles. The second kappa shape index (κ2) is 7.68. The number of non-ortho nitro benzene ring substituents is 1. The number of amides is 1. The number of nitro benzene ring substituents is 1. The first-order valence-corrected chi connectivity index (χ1v) is 7.69. The van der Waals surface area contributed by atoms with Crippen LogP contribution in [-0.4, -0.2) is 17.0 Å². The van der Waals surface area contributed by atoms with Gasteiger partial charge in [0, 0.05) is 18.1 Å². The molecule has 118 valence electrons. The van der Waals surface area contributed by atoms with Crippen molar-refractivity contribution in [1.29, 1.82) is 0 Å². The Morgan fingerprint density at radius 2 is 2.14 bits per heavy atom. The van der Waals surface area contributed by atoms with Crippen LogP contribution in [0.1, 0.15) is 44.6 Å². The molecule has 0 heterocycles. The predicted octanol–water partition coefficient (Wildman–Crippen LogP) is 3.26. The van der Waals surface area contributed by atoms with Gasteiger partial charge < -0.3 is 0 Å². The molecular weight excluding hydrogens is 282 g/mol. The van der Waals surface area contributed by atoms with E-state index in [-0.39, 0.29) is 17.5 Å². The van der Waals surface area contributed by atoms with Crippen molar-refractivity contribution in [2.45, 2.75) is 39.0 Å². The number of hydrogen-bond acceptors (Lipinski definition) is 4. The van der Waals surface area contributed by atoms with E-state index in [9.17, 15) is 14.9 Å². The fraction of sp³-hybridized carbons (Fsp3) is 0.500. The first-order chi connectivity index (χ1) is 10.6. The van der Waals surface area contributed by atoms with Gasteiger partial charge in [0.15, 0.2) is 0 Å². The monoisotopic (exact) mass is 303 g/mol. The van der Waals surface area contributed by atoms with Gasteiger partial charge in [-0.15, -0.1) is 0 Å². The number of nitrogens with one attached hydrogen (secondary N) is 1. The molecule has 0 unspecified atom stereocenters. The van der Waals surface area contributed by atoms with E-state index in [0.717, 1.165) is 12.8 Å². The minimum Gasteiger partial charge on any atom is -0.273 e. The number of nitrogens with zero attached hydrogens (tertiary/aromatic N) is 2. The molecule has 22 heavy (non-hydrogen) atoms. The Morgan fingerprint density at radius 1 is 1.41 bits per heavy atom. The van der Waals surface area contributed by atoms with Crippen molar-refractivity contribution in [3.8, 4) is 0 Å². The molecule has 1 aliphatic carbocycles. The second-order valence-corrected chi connectivity index (χ2v) is 5.68. The topological polar surface area (TPSA) is 84.6 Å². The quantitative estimate of drug-likeness (QED) is 0.346. The number of carbonyl (C=O) groups is 1. The maximum atomic E-state index is 11.9. The molecule has 1 fully saturated rings. The lowest BCUT2D eigenvalue weighted by Gasteiger charge is -1.99. The van der Waals surface area contributed by atoms with Crippen LogP contribution in [0.5, 0.6) is 0 Å². The van der Waals surface area contributed by atoms with Crippen LogP contribution in [0.15, 0.2) is 29.4 Å². The van der Waals surface area contributed by atoms with E-state index in [2.05, 4.69) is 17.5 Å². The van der Waals surface area contributed by atoms with Gasteiger partial charge in [-0.3, -0.25) is 14.9 Å². The fourth-order valence-electron chi connectivity index (χ4n) is 2.48. The SMILES string of the molecule is CCCCC[C@@H]1C[C@@H]1C(=O)N/N=C\c1ccc([N+](=O)[O-])cc1. The highest BCUT2D eigenvalue weighted by atomic mass is 16.6. The number of nitro groups is 1. The van der Waals surface area contributed by atoms with E-state index in [1.54, 1.807) is 12.1 Å². The van der Waals surface area contributed by atoms with Crippen LogP contribution in [0, 0.1) is 22.0 Å². The van der Waals surface area contributed by atoms with E-state index < -0.39 is 4.92 Å². The third-order valence-corrected chi connectivity index (χ3v) is 3.93. The van der Waals surface area contributed by atoms with Gasteiger partial charge in [0.05, 0.1) is 11.1 Å². The summed E-state index contributed by atoms with van der Waals surface area (Å²) in [5, 5.41) is 14.5. The molecule has 1 saturated carbocycles.